The molecule has 0 saturated heterocycles. The lowest BCUT2D eigenvalue weighted by Gasteiger charge is -2.63. The van der Waals surface area contributed by atoms with Crippen molar-refractivity contribution in [3.8, 4) is 0 Å². The fourth-order valence-corrected chi connectivity index (χ4v) is 8.00. The Bertz CT molecular complexity index is 1080. The van der Waals surface area contributed by atoms with Crippen molar-refractivity contribution in [2.75, 3.05) is 6.61 Å². The number of carbonyl (C=O) groups excluding carboxylic acids is 4. The molecule has 1 N–H and O–H groups in total. The van der Waals surface area contributed by atoms with E-state index in [-0.39, 0.29) is 37.7 Å². The van der Waals surface area contributed by atoms with E-state index in [1.54, 1.807) is 27.7 Å². The van der Waals surface area contributed by atoms with Crippen molar-refractivity contribution in [3.05, 3.63) is 23.8 Å². The third kappa shape index (κ3) is 3.59. The van der Waals surface area contributed by atoms with Crippen molar-refractivity contribution in [3.63, 3.8) is 0 Å². The number of carbonyl (C=O) groups is 4. The van der Waals surface area contributed by atoms with Crippen LogP contribution in [0.1, 0.15) is 66.7 Å². The Morgan fingerprint density at radius 3 is 2.38 bits per heavy atom. The van der Waals surface area contributed by atoms with Gasteiger partial charge in [0.2, 0.25) is 5.78 Å². The van der Waals surface area contributed by atoms with Gasteiger partial charge in [0.15, 0.2) is 23.7 Å². The van der Waals surface area contributed by atoms with E-state index in [0.29, 0.717) is 0 Å². The van der Waals surface area contributed by atoms with Crippen LogP contribution in [0, 0.1) is 28.6 Å². The summed E-state index contributed by atoms with van der Waals surface area (Å²) in [6, 6.07) is 0. The number of aliphatic hydroxyl groups is 1. The van der Waals surface area contributed by atoms with E-state index in [9.17, 15) is 24.3 Å². The molecule has 4 rings (SSSR count). The van der Waals surface area contributed by atoms with Crippen molar-refractivity contribution in [2.45, 2.75) is 90.3 Å². The molecule has 0 amide bonds. The van der Waals surface area contributed by atoms with Gasteiger partial charge in [-0.15, -0.1) is 0 Å². The lowest BCUT2D eigenvalue weighted by Crippen LogP contribution is -2.71. The van der Waals surface area contributed by atoms with Crippen LogP contribution in [0.3, 0.4) is 0 Å². The minimum atomic E-state index is -2.31. The molecular formula is C28H36F2O7. The number of hydrogen-bond donors (Lipinski definition) is 1. The number of allylic oxidation sites excluding steroid dienone is 4. The SMILES string of the molecule is CCC(=O)OCC(=O)[C@@]1(OC(=O)CC)[C@H](C)C[C@H]2[C@@H]3C[C@H](F)C4=CC(=O)C=C[C@]4(C)[C@@]3(F)[C@@H](O)C[C@@]21C. The second-order valence-electron chi connectivity index (χ2n) is 11.5. The molecule has 0 aromatic rings. The first-order chi connectivity index (χ1) is 17.2. The summed E-state index contributed by atoms with van der Waals surface area (Å²) in [6.45, 7) is 7.46. The highest BCUT2D eigenvalue weighted by atomic mass is 19.1. The first-order valence-corrected chi connectivity index (χ1v) is 13.1. The average molecular weight is 523 g/mol. The van der Waals surface area contributed by atoms with Crippen molar-refractivity contribution >= 4 is 23.5 Å². The van der Waals surface area contributed by atoms with Gasteiger partial charge in [0, 0.05) is 35.5 Å². The second kappa shape index (κ2) is 9.10. The molecule has 0 aromatic carbocycles. The Hall–Kier alpha value is -2.42. The maximum atomic E-state index is 17.4. The van der Waals surface area contributed by atoms with E-state index >= 15 is 8.78 Å². The second-order valence-corrected chi connectivity index (χ2v) is 11.5. The van der Waals surface area contributed by atoms with E-state index in [1.165, 1.54) is 19.1 Å². The Morgan fingerprint density at radius 1 is 1.11 bits per heavy atom. The van der Waals surface area contributed by atoms with Crippen LogP contribution in [0.4, 0.5) is 8.78 Å². The van der Waals surface area contributed by atoms with Gasteiger partial charge in [0.05, 0.1) is 6.10 Å². The van der Waals surface area contributed by atoms with Crippen LogP contribution in [-0.2, 0) is 28.7 Å². The molecule has 0 spiro atoms. The van der Waals surface area contributed by atoms with Crippen molar-refractivity contribution < 1.29 is 42.5 Å². The molecule has 37 heavy (non-hydrogen) atoms. The number of ketones is 2. The predicted molar refractivity (Wildman–Crippen MR) is 129 cm³/mol. The standard InChI is InChI=1S/C28H36F2O7/c1-6-23(34)36-14-22(33)28(37-24(35)7-2)15(3)10-17-18-12-20(29)19-11-16(31)8-9-25(19,4)27(18,30)21(32)13-26(17,28)5/h8-9,11,15,17-18,20-21,32H,6-7,10,12-14H2,1-5H3/t15-,17+,18+,20+,21+,25+,26+,27+,28+/m1/s1. The van der Waals surface area contributed by atoms with Crippen LogP contribution in [0.25, 0.3) is 0 Å². The molecule has 7 nitrogen and oxygen atoms in total. The van der Waals surface area contributed by atoms with Crippen LogP contribution in [0.15, 0.2) is 23.8 Å². The quantitative estimate of drug-likeness (QED) is 0.529. The lowest BCUT2D eigenvalue weighted by atomic mass is 9.44. The molecule has 0 radical (unpaired) electrons. The van der Waals surface area contributed by atoms with Crippen LogP contribution >= 0.6 is 0 Å². The van der Waals surface area contributed by atoms with Crippen molar-refractivity contribution in [1.82, 2.24) is 0 Å². The van der Waals surface area contributed by atoms with Crippen molar-refractivity contribution in [1.29, 1.82) is 0 Å². The van der Waals surface area contributed by atoms with E-state index in [4.69, 9.17) is 9.47 Å². The summed E-state index contributed by atoms with van der Waals surface area (Å²) in [6.07, 6.45) is 0.185. The first-order valence-electron chi connectivity index (χ1n) is 13.1. The van der Waals surface area contributed by atoms with Gasteiger partial charge in [-0.1, -0.05) is 33.8 Å². The van der Waals surface area contributed by atoms with Crippen LogP contribution < -0.4 is 0 Å². The zero-order valence-corrected chi connectivity index (χ0v) is 22.0. The number of fused-ring (bicyclic) bond motifs is 5. The molecule has 9 atom stereocenters. The van der Waals surface area contributed by atoms with Gasteiger partial charge in [-0.05, 0) is 49.8 Å². The number of aliphatic hydroxyl groups excluding tert-OH is 1. The third-order valence-electron chi connectivity index (χ3n) is 9.80. The topological polar surface area (TPSA) is 107 Å². The molecule has 3 fully saturated rings. The van der Waals surface area contributed by atoms with Crippen LogP contribution in [0.2, 0.25) is 0 Å². The molecular weight excluding hydrogens is 486 g/mol. The molecule has 3 saturated carbocycles. The molecule has 0 unspecified atom stereocenters. The van der Waals surface area contributed by atoms with Crippen LogP contribution in [0.5, 0.6) is 0 Å². The molecule has 0 aliphatic heterocycles. The fraction of sp³-hybridized carbons (Fsp3) is 0.714. The zero-order valence-electron chi connectivity index (χ0n) is 22.0. The van der Waals surface area contributed by atoms with Gasteiger partial charge in [-0.25, -0.2) is 8.78 Å². The number of rotatable bonds is 6. The number of alkyl halides is 2. The minimum absolute atomic E-state index is 0.0127. The van der Waals surface area contributed by atoms with Gasteiger partial charge in [0.25, 0.3) is 0 Å². The Labute approximate surface area is 215 Å². The summed E-state index contributed by atoms with van der Waals surface area (Å²) in [4.78, 5) is 50.3. The van der Waals surface area contributed by atoms with Gasteiger partial charge >= 0.3 is 11.9 Å². The molecule has 0 aromatic heterocycles. The Kier molecular flexibility index (Phi) is 6.79. The van der Waals surface area contributed by atoms with Crippen molar-refractivity contribution in [2.24, 2.45) is 28.6 Å². The zero-order chi connectivity index (χ0) is 27.6. The van der Waals surface area contributed by atoms with E-state index in [2.05, 4.69) is 0 Å². The number of halogens is 2. The summed E-state index contributed by atoms with van der Waals surface area (Å²) >= 11 is 0. The molecule has 9 heteroatoms. The van der Waals surface area contributed by atoms with E-state index in [1.807, 2.05) is 0 Å². The highest BCUT2D eigenvalue weighted by molar-refractivity contribution is 6.01. The third-order valence-corrected chi connectivity index (χ3v) is 9.80. The summed E-state index contributed by atoms with van der Waals surface area (Å²) in [5.74, 6) is -4.56. The minimum Gasteiger partial charge on any atom is -0.457 e. The highest BCUT2D eigenvalue weighted by Crippen LogP contribution is 2.71. The normalized spacial score (nSPS) is 44.3. The molecule has 4 aliphatic carbocycles. The maximum Gasteiger partial charge on any atom is 0.306 e. The van der Waals surface area contributed by atoms with Crippen LogP contribution in [-0.4, -0.2) is 58.8 Å². The van der Waals surface area contributed by atoms with E-state index in [0.717, 1.165) is 6.08 Å². The highest BCUT2D eigenvalue weighted by Gasteiger charge is 2.78. The van der Waals surface area contributed by atoms with Gasteiger partial charge < -0.3 is 14.6 Å². The van der Waals surface area contributed by atoms with Gasteiger partial charge in [0.1, 0.15) is 6.17 Å². The number of hydrogen-bond acceptors (Lipinski definition) is 7. The predicted octanol–water partition coefficient (Wildman–Crippen LogP) is 3.77. The molecule has 4 aliphatic rings. The Balaban J connectivity index is 1.83. The lowest BCUT2D eigenvalue weighted by molar-refractivity contribution is -0.231. The maximum absolute atomic E-state index is 17.4. The molecule has 0 heterocycles. The average Bonchev–Trinajstić information content (AvgIpc) is 3.07. The smallest absolute Gasteiger partial charge is 0.306 e. The monoisotopic (exact) mass is 522 g/mol. The largest absolute Gasteiger partial charge is 0.457 e. The molecule has 204 valence electrons. The first kappa shape index (κ1) is 27.6. The summed E-state index contributed by atoms with van der Waals surface area (Å²) < 4.78 is 44.0. The summed E-state index contributed by atoms with van der Waals surface area (Å²) in [5, 5.41) is 11.5. The van der Waals surface area contributed by atoms with Gasteiger partial charge in [-0.2, -0.15) is 0 Å². The summed E-state index contributed by atoms with van der Waals surface area (Å²) in [7, 11) is 0. The fourth-order valence-electron chi connectivity index (χ4n) is 8.00. The summed E-state index contributed by atoms with van der Waals surface area (Å²) in [5.41, 5.74) is -6.90. The number of esters is 2. The number of ether oxygens (including phenoxy) is 2. The number of Topliss-reactive ketones (excluding diaryl/α,β-unsaturated/α-hetero) is 1. The Morgan fingerprint density at radius 2 is 1.76 bits per heavy atom. The van der Waals surface area contributed by atoms with E-state index < -0.39 is 82.2 Å². The van der Waals surface area contributed by atoms with Gasteiger partial charge in [-0.3, -0.25) is 19.2 Å². The molecule has 0 bridgehead atoms.